The van der Waals surface area contributed by atoms with Crippen LogP contribution < -0.4 is 11.1 Å². The number of benzene rings is 1. The number of unbranched alkanes of at least 4 members (excludes halogenated alkanes) is 2. The van der Waals surface area contributed by atoms with Gasteiger partial charge in [0.05, 0.1) is 4.92 Å². The Labute approximate surface area is 105 Å². The molecule has 0 bridgehead atoms. The number of nitrogen functional groups attached to an aromatic ring is 1. The molecule has 6 heteroatoms. The number of hydrogen-bond acceptors (Lipinski definition) is 4. The van der Waals surface area contributed by atoms with E-state index in [1.807, 2.05) is 0 Å². The molecule has 1 aromatic carbocycles. The Balaban J connectivity index is 2.64. The number of nitrogens with one attached hydrogen (secondary N) is 1. The molecule has 3 N–H and O–H groups in total. The zero-order chi connectivity index (χ0) is 13.5. The molecule has 1 amide bonds. The van der Waals surface area contributed by atoms with Crippen LogP contribution in [-0.4, -0.2) is 17.4 Å². The van der Waals surface area contributed by atoms with Crippen molar-refractivity contribution >= 4 is 17.3 Å². The van der Waals surface area contributed by atoms with Crippen LogP contribution >= 0.6 is 0 Å². The van der Waals surface area contributed by atoms with E-state index in [1.165, 1.54) is 18.2 Å². The minimum Gasteiger partial charge on any atom is -0.393 e. The second kappa shape index (κ2) is 6.58. The third-order valence-corrected chi connectivity index (χ3v) is 2.55. The maximum atomic E-state index is 11.7. The van der Waals surface area contributed by atoms with Gasteiger partial charge in [-0.25, -0.2) is 0 Å². The fourth-order valence-corrected chi connectivity index (χ4v) is 1.54. The fourth-order valence-electron chi connectivity index (χ4n) is 1.54. The van der Waals surface area contributed by atoms with E-state index >= 15 is 0 Å². The number of carbonyl (C=O) groups excluding carboxylic acids is 1. The molecule has 0 aliphatic heterocycles. The van der Waals surface area contributed by atoms with Crippen LogP contribution in [0.15, 0.2) is 18.2 Å². The van der Waals surface area contributed by atoms with Gasteiger partial charge in [0.15, 0.2) is 0 Å². The van der Waals surface area contributed by atoms with Crippen LogP contribution in [0.5, 0.6) is 0 Å². The van der Waals surface area contributed by atoms with Crippen LogP contribution in [0.4, 0.5) is 11.4 Å². The summed E-state index contributed by atoms with van der Waals surface area (Å²) in [7, 11) is 0. The predicted molar refractivity (Wildman–Crippen MR) is 69.4 cm³/mol. The van der Waals surface area contributed by atoms with Crippen molar-refractivity contribution in [1.29, 1.82) is 0 Å². The van der Waals surface area contributed by atoms with Crippen molar-refractivity contribution in [2.45, 2.75) is 26.2 Å². The van der Waals surface area contributed by atoms with Crippen molar-refractivity contribution in [2.75, 3.05) is 12.3 Å². The normalized spacial score (nSPS) is 10.1. The molecule has 6 nitrogen and oxygen atoms in total. The maximum Gasteiger partial charge on any atom is 0.292 e. The van der Waals surface area contributed by atoms with Gasteiger partial charge < -0.3 is 11.1 Å². The van der Waals surface area contributed by atoms with Crippen LogP contribution in [0, 0.1) is 10.1 Å². The standard InChI is InChI=1S/C12H17N3O3/c1-2-3-4-7-14-12(16)9-5-6-11(15(17)18)10(13)8-9/h5-6,8H,2-4,7,13H2,1H3,(H,14,16). The Morgan fingerprint density at radius 1 is 1.44 bits per heavy atom. The molecule has 0 spiro atoms. The number of nitrogens with two attached hydrogens (primary N) is 1. The number of nitro benzene ring substituents is 1. The average Bonchev–Trinajstić information content (AvgIpc) is 2.33. The van der Waals surface area contributed by atoms with Gasteiger partial charge in [-0.3, -0.25) is 14.9 Å². The summed E-state index contributed by atoms with van der Waals surface area (Å²) in [5, 5.41) is 13.3. The molecule has 0 aliphatic rings. The van der Waals surface area contributed by atoms with E-state index < -0.39 is 4.92 Å². The molecule has 98 valence electrons. The first-order valence-electron chi connectivity index (χ1n) is 5.88. The van der Waals surface area contributed by atoms with E-state index in [0.29, 0.717) is 12.1 Å². The number of nitro groups is 1. The van der Waals surface area contributed by atoms with Gasteiger partial charge in [0.2, 0.25) is 0 Å². The van der Waals surface area contributed by atoms with Gasteiger partial charge in [0.1, 0.15) is 5.69 Å². The van der Waals surface area contributed by atoms with E-state index in [2.05, 4.69) is 12.2 Å². The van der Waals surface area contributed by atoms with Gasteiger partial charge in [-0.05, 0) is 18.6 Å². The molecule has 0 aromatic heterocycles. The van der Waals surface area contributed by atoms with E-state index in [0.717, 1.165) is 19.3 Å². The SMILES string of the molecule is CCCCCNC(=O)c1ccc([N+](=O)[O-])c(N)c1. The van der Waals surface area contributed by atoms with Crippen molar-refractivity contribution in [3.05, 3.63) is 33.9 Å². The molecule has 18 heavy (non-hydrogen) atoms. The second-order valence-electron chi connectivity index (χ2n) is 3.99. The van der Waals surface area contributed by atoms with E-state index in [1.54, 1.807) is 0 Å². The number of nitrogens with zero attached hydrogens (tertiary/aromatic N) is 1. The molecule has 0 aliphatic carbocycles. The molecular formula is C12H17N3O3. The Bertz CT molecular complexity index is 446. The minimum absolute atomic E-state index is 0.00112. The first-order valence-corrected chi connectivity index (χ1v) is 5.88. The molecule has 1 rings (SSSR count). The summed E-state index contributed by atoms with van der Waals surface area (Å²) in [5.41, 5.74) is 5.68. The Morgan fingerprint density at radius 3 is 2.72 bits per heavy atom. The minimum atomic E-state index is -0.571. The Morgan fingerprint density at radius 2 is 2.17 bits per heavy atom. The van der Waals surface area contributed by atoms with Crippen LogP contribution in [0.3, 0.4) is 0 Å². The summed E-state index contributed by atoms with van der Waals surface area (Å²) in [6, 6.07) is 3.98. The summed E-state index contributed by atoms with van der Waals surface area (Å²) < 4.78 is 0. The summed E-state index contributed by atoms with van der Waals surface area (Å²) in [6.07, 6.45) is 3.06. The molecule has 0 unspecified atom stereocenters. The van der Waals surface area contributed by atoms with E-state index in [4.69, 9.17) is 5.73 Å². The first-order chi connectivity index (χ1) is 8.56. The molecule has 1 aromatic rings. The topological polar surface area (TPSA) is 98.3 Å². The van der Waals surface area contributed by atoms with Crippen LogP contribution in [-0.2, 0) is 0 Å². The molecule has 0 radical (unpaired) electrons. The van der Waals surface area contributed by atoms with Gasteiger partial charge in [0, 0.05) is 18.2 Å². The Hall–Kier alpha value is -2.11. The summed E-state index contributed by atoms with van der Waals surface area (Å²) in [4.78, 5) is 21.7. The van der Waals surface area contributed by atoms with Crippen molar-refractivity contribution in [2.24, 2.45) is 0 Å². The van der Waals surface area contributed by atoms with Crippen molar-refractivity contribution in [3.63, 3.8) is 0 Å². The van der Waals surface area contributed by atoms with Gasteiger partial charge in [-0.15, -0.1) is 0 Å². The first kappa shape index (κ1) is 14.0. The molecule has 0 heterocycles. The number of rotatable bonds is 6. The number of hydrogen-bond donors (Lipinski definition) is 2. The molecule has 0 saturated heterocycles. The highest BCUT2D eigenvalue weighted by Crippen LogP contribution is 2.21. The maximum absolute atomic E-state index is 11.7. The lowest BCUT2D eigenvalue weighted by molar-refractivity contribution is -0.383. The Kier molecular flexibility index (Phi) is 5.10. The average molecular weight is 251 g/mol. The van der Waals surface area contributed by atoms with E-state index in [-0.39, 0.29) is 17.3 Å². The van der Waals surface area contributed by atoms with Gasteiger partial charge >= 0.3 is 0 Å². The van der Waals surface area contributed by atoms with Crippen LogP contribution in [0.1, 0.15) is 36.5 Å². The molecular weight excluding hydrogens is 234 g/mol. The third kappa shape index (κ3) is 3.73. The summed E-state index contributed by atoms with van der Waals surface area (Å²) in [6.45, 7) is 2.68. The number of anilines is 1. The van der Waals surface area contributed by atoms with Gasteiger partial charge in [0.25, 0.3) is 11.6 Å². The third-order valence-electron chi connectivity index (χ3n) is 2.55. The largest absolute Gasteiger partial charge is 0.393 e. The zero-order valence-electron chi connectivity index (χ0n) is 10.3. The lowest BCUT2D eigenvalue weighted by Crippen LogP contribution is -2.24. The van der Waals surface area contributed by atoms with Gasteiger partial charge in [-0.1, -0.05) is 19.8 Å². The summed E-state index contributed by atoms with van der Waals surface area (Å²) in [5.74, 6) is -0.257. The number of amides is 1. The quantitative estimate of drug-likeness (QED) is 0.350. The van der Waals surface area contributed by atoms with Crippen molar-refractivity contribution in [1.82, 2.24) is 5.32 Å². The number of carbonyl (C=O) groups is 1. The predicted octanol–water partition coefficient (Wildman–Crippen LogP) is 2.10. The highest BCUT2D eigenvalue weighted by molar-refractivity contribution is 5.95. The van der Waals surface area contributed by atoms with Crippen molar-refractivity contribution < 1.29 is 9.72 Å². The fraction of sp³-hybridized carbons (Fsp3) is 0.417. The highest BCUT2D eigenvalue weighted by atomic mass is 16.6. The molecule has 0 fully saturated rings. The summed E-state index contributed by atoms with van der Waals surface area (Å²) >= 11 is 0. The zero-order valence-corrected chi connectivity index (χ0v) is 10.3. The monoisotopic (exact) mass is 251 g/mol. The molecule has 0 saturated carbocycles. The second-order valence-corrected chi connectivity index (χ2v) is 3.99. The smallest absolute Gasteiger partial charge is 0.292 e. The van der Waals surface area contributed by atoms with Crippen LogP contribution in [0.2, 0.25) is 0 Å². The highest BCUT2D eigenvalue weighted by Gasteiger charge is 2.14. The lowest BCUT2D eigenvalue weighted by atomic mass is 10.1. The van der Waals surface area contributed by atoms with Crippen LogP contribution in [0.25, 0.3) is 0 Å². The van der Waals surface area contributed by atoms with Crippen molar-refractivity contribution in [3.8, 4) is 0 Å². The lowest BCUT2D eigenvalue weighted by Gasteiger charge is -2.05. The van der Waals surface area contributed by atoms with Gasteiger partial charge in [-0.2, -0.15) is 0 Å². The molecule has 0 atom stereocenters. The van der Waals surface area contributed by atoms with E-state index in [9.17, 15) is 14.9 Å².